The van der Waals surface area contributed by atoms with Crippen LogP contribution in [-0.2, 0) is 4.74 Å². The van der Waals surface area contributed by atoms with Gasteiger partial charge in [-0.1, -0.05) is 6.92 Å². The van der Waals surface area contributed by atoms with E-state index >= 15 is 0 Å². The second-order valence-electron chi connectivity index (χ2n) is 4.98. The first-order valence-electron chi connectivity index (χ1n) is 6.99. The smallest absolute Gasteiger partial charge is 0.240 e. The molecule has 0 spiro atoms. The molecule has 1 aromatic heterocycles. The molecular formula is C14H23N3O3. The van der Waals surface area contributed by atoms with Crippen molar-refractivity contribution in [3.8, 4) is 11.8 Å². The lowest BCUT2D eigenvalue weighted by molar-refractivity contribution is 0.116. The van der Waals surface area contributed by atoms with Crippen molar-refractivity contribution in [2.45, 2.75) is 32.4 Å². The highest BCUT2D eigenvalue weighted by Crippen LogP contribution is 2.34. The van der Waals surface area contributed by atoms with E-state index in [4.69, 9.17) is 14.2 Å². The predicted octanol–water partition coefficient (Wildman–Crippen LogP) is 1.57. The molecule has 20 heavy (non-hydrogen) atoms. The molecule has 2 heterocycles. The zero-order chi connectivity index (χ0) is 14.5. The summed E-state index contributed by atoms with van der Waals surface area (Å²) in [5.74, 6) is 1.34. The van der Waals surface area contributed by atoms with Gasteiger partial charge < -0.3 is 19.5 Å². The zero-order valence-electron chi connectivity index (χ0n) is 12.5. The number of methoxy groups -OCH3 is 2. The van der Waals surface area contributed by atoms with E-state index in [1.807, 2.05) is 0 Å². The average molecular weight is 281 g/mol. The summed E-state index contributed by atoms with van der Waals surface area (Å²) < 4.78 is 16.1. The molecule has 1 aliphatic rings. The molecule has 1 saturated heterocycles. The maximum atomic E-state index is 5.68. The van der Waals surface area contributed by atoms with Gasteiger partial charge in [-0.05, 0) is 19.9 Å². The van der Waals surface area contributed by atoms with Gasteiger partial charge in [-0.25, -0.2) is 4.98 Å². The Hall–Kier alpha value is -1.40. The normalized spacial score (nSPS) is 23.6. The minimum Gasteiger partial charge on any atom is -0.480 e. The predicted molar refractivity (Wildman–Crippen MR) is 75.1 cm³/mol. The average Bonchev–Trinajstić information content (AvgIpc) is 2.90. The SMILES string of the molecule is CCNC(c1ncc(OC)nc1OC)C1COC(C)C1. The number of nitrogens with one attached hydrogen (secondary N) is 1. The number of nitrogens with zero attached hydrogens (tertiary/aromatic N) is 2. The van der Waals surface area contributed by atoms with Gasteiger partial charge in [0, 0.05) is 5.92 Å². The van der Waals surface area contributed by atoms with Gasteiger partial charge in [0.15, 0.2) is 0 Å². The van der Waals surface area contributed by atoms with Crippen LogP contribution in [0.2, 0.25) is 0 Å². The van der Waals surface area contributed by atoms with Gasteiger partial charge in [0.2, 0.25) is 11.8 Å². The van der Waals surface area contributed by atoms with Crippen molar-refractivity contribution in [1.82, 2.24) is 15.3 Å². The summed E-state index contributed by atoms with van der Waals surface area (Å²) in [4.78, 5) is 8.79. The molecular weight excluding hydrogens is 258 g/mol. The monoisotopic (exact) mass is 281 g/mol. The molecule has 1 fully saturated rings. The molecule has 3 atom stereocenters. The lowest BCUT2D eigenvalue weighted by Crippen LogP contribution is -2.30. The molecule has 112 valence electrons. The Bertz CT molecular complexity index is 442. The Kier molecular flexibility index (Phi) is 5.14. The summed E-state index contributed by atoms with van der Waals surface area (Å²) >= 11 is 0. The van der Waals surface area contributed by atoms with E-state index in [2.05, 4.69) is 29.1 Å². The first kappa shape index (κ1) is 15.0. The largest absolute Gasteiger partial charge is 0.480 e. The summed E-state index contributed by atoms with van der Waals surface area (Å²) in [6, 6.07) is 0.0818. The van der Waals surface area contributed by atoms with E-state index in [0.717, 1.165) is 25.3 Å². The Morgan fingerprint density at radius 3 is 2.80 bits per heavy atom. The standard InChI is InChI=1S/C14H23N3O3/c1-5-15-12(10-6-9(2)20-8-10)13-14(19-4)17-11(18-3)7-16-13/h7,9-10,12,15H,5-6,8H2,1-4H3. The van der Waals surface area contributed by atoms with E-state index in [1.54, 1.807) is 20.4 Å². The van der Waals surface area contributed by atoms with Crippen LogP contribution in [0.3, 0.4) is 0 Å². The summed E-state index contributed by atoms with van der Waals surface area (Å²) in [5.41, 5.74) is 0.817. The van der Waals surface area contributed by atoms with Crippen LogP contribution in [0.15, 0.2) is 6.20 Å². The summed E-state index contributed by atoms with van der Waals surface area (Å²) in [5, 5.41) is 3.47. The maximum absolute atomic E-state index is 5.68. The highest BCUT2D eigenvalue weighted by atomic mass is 16.5. The molecule has 6 heteroatoms. The number of ether oxygens (including phenoxy) is 3. The summed E-state index contributed by atoms with van der Waals surface area (Å²) in [6.07, 6.45) is 2.93. The molecule has 0 radical (unpaired) electrons. The first-order valence-corrected chi connectivity index (χ1v) is 6.99. The van der Waals surface area contributed by atoms with Crippen LogP contribution < -0.4 is 14.8 Å². The van der Waals surface area contributed by atoms with Crippen LogP contribution in [0.5, 0.6) is 11.8 Å². The molecule has 3 unspecified atom stereocenters. The van der Waals surface area contributed by atoms with Gasteiger partial charge >= 0.3 is 0 Å². The molecule has 0 aliphatic carbocycles. The molecule has 0 amide bonds. The van der Waals surface area contributed by atoms with Gasteiger partial charge in [0.05, 0.1) is 39.2 Å². The van der Waals surface area contributed by atoms with Gasteiger partial charge in [0.25, 0.3) is 0 Å². The quantitative estimate of drug-likeness (QED) is 0.854. The molecule has 1 N–H and O–H groups in total. The van der Waals surface area contributed by atoms with Gasteiger partial charge in [0.1, 0.15) is 5.69 Å². The van der Waals surface area contributed by atoms with E-state index in [0.29, 0.717) is 23.8 Å². The number of rotatable bonds is 6. The maximum Gasteiger partial charge on any atom is 0.240 e. The number of aromatic nitrogens is 2. The third-order valence-electron chi connectivity index (χ3n) is 3.57. The Labute approximate surface area is 119 Å². The Morgan fingerprint density at radius 1 is 1.45 bits per heavy atom. The van der Waals surface area contributed by atoms with Crippen molar-refractivity contribution in [2.75, 3.05) is 27.4 Å². The second kappa shape index (κ2) is 6.85. The van der Waals surface area contributed by atoms with E-state index < -0.39 is 0 Å². The van der Waals surface area contributed by atoms with Gasteiger partial charge in [-0.15, -0.1) is 0 Å². The van der Waals surface area contributed by atoms with Gasteiger partial charge in [-0.2, -0.15) is 4.98 Å². The highest BCUT2D eigenvalue weighted by molar-refractivity contribution is 5.26. The van der Waals surface area contributed by atoms with Gasteiger partial charge in [-0.3, -0.25) is 0 Å². The van der Waals surface area contributed by atoms with Crippen LogP contribution in [0.4, 0.5) is 0 Å². The molecule has 1 aromatic rings. The van der Waals surface area contributed by atoms with Crippen molar-refractivity contribution in [3.05, 3.63) is 11.9 Å². The van der Waals surface area contributed by atoms with E-state index in [1.165, 1.54) is 0 Å². The van der Waals surface area contributed by atoms with Crippen molar-refractivity contribution in [2.24, 2.45) is 5.92 Å². The van der Waals surface area contributed by atoms with Crippen LogP contribution in [0.1, 0.15) is 32.0 Å². The zero-order valence-corrected chi connectivity index (χ0v) is 12.5. The molecule has 0 saturated carbocycles. The Morgan fingerprint density at radius 2 is 2.25 bits per heavy atom. The molecule has 1 aliphatic heterocycles. The van der Waals surface area contributed by atoms with Crippen LogP contribution in [0.25, 0.3) is 0 Å². The van der Waals surface area contributed by atoms with Crippen LogP contribution >= 0.6 is 0 Å². The third-order valence-corrected chi connectivity index (χ3v) is 3.57. The molecule has 0 bridgehead atoms. The molecule has 0 aromatic carbocycles. The van der Waals surface area contributed by atoms with Crippen molar-refractivity contribution in [3.63, 3.8) is 0 Å². The third kappa shape index (κ3) is 3.19. The topological polar surface area (TPSA) is 65.5 Å². The molecule has 6 nitrogen and oxygen atoms in total. The fourth-order valence-electron chi connectivity index (χ4n) is 2.62. The van der Waals surface area contributed by atoms with Crippen LogP contribution in [-0.4, -0.2) is 43.4 Å². The lowest BCUT2D eigenvalue weighted by Gasteiger charge is -2.24. The lowest BCUT2D eigenvalue weighted by atomic mass is 9.94. The highest BCUT2D eigenvalue weighted by Gasteiger charge is 2.33. The minimum atomic E-state index is 0.0818. The Balaban J connectivity index is 2.28. The molecule has 2 rings (SSSR count). The van der Waals surface area contributed by atoms with Crippen molar-refractivity contribution < 1.29 is 14.2 Å². The number of hydrogen-bond acceptors (Lipinski definition) is 6. The first-order chi connectivity index (χ1) is 9.69. The van der Waals surface area contributed by atoms with Crippen LogP contribution in [0, 0.1) is 5.92 Å². The minimum absolute atomic E-state index is 0.0818. The second-order valence-corrected chi connectivity index (χ2v) is 4.98. The van der Waals surface area contributed by atoms with E-state index in [-0.39, 0.29) is 6.04 Å². The van der Waals surface area contributed by atoms with Crippen molar-refractivity contribution in [1.29, 1.82) is 0 Å². The van der Waals surface area contributed by atoms with Crippen molar-refractivity contribution >= 4 is 0 Å². The van der Waals surface area contributed by atoms with E-state index in [9.17, 15) is 0 Å². The fourth-order valence-corrected chi connectivity index (χ4v) is 2.62. The summed E-state index contributed by atoms with van der Waals surface area (Å²) in [6.45, 7) is 5.76. The fraction of sp³-hybridized carbons (Fsp3) is 0.714. The number of hydrogen-bond donors (Lipinski definition) is 1. The summed E-state index contributed by atoms with van der Waals surface area (Å²) in [7, 11) is 3.17.